The monoisotopic (exact) mass is 945 g/mol. The quantitative estimate of drug-likeness (QED) is 0.0110. The van der Waals surface area contributed by atoms with Gasteiger partial charge in [0.1, 0.15) is 23.7 Å². The van der Waals surface area contributed by atoms with Crippen LogP contribution in [0.3, 0.4) is 0 Å². The first-order valence-corrected chi connectivity index (χ1v) is 22.2. The van der Waals surface area contributed by atoms with E-state index in [1.54, 1.807) is 28.9 Å². The summed E-state index contributed by atoms with van der Waals surface area (Å²) in [6, 6.07) is 6.17. The van der Waals surface area contributed by atoms with Crippen LogP contribution in [0.15, 0.2) is 35.4 Å². The topological polar surface area (TPSA) is 263 Å². The van der Waals surface area contributed by atoms with Crippen LogP contribution in [0.4, 0.5) is 32.4 Å². The van der Waals surface area contributed by atoms with Crippen LogP contribution in [-0.2, 0) is 46.0 Å². The number of thioether (sulfide) groups is 1. The lowest BCUT2D eigenvalue weighted by Gasteiger charge is -2.40. The van der Waals surface area contributed by atoms with Gasteiger partial charge in [-0.2, -0.15) is 8.78 Å². The fourth-order valence-electron chi connectivity index (χ4n) is 5.58. The average molecular weight is 946 g/mol. The van der Waals surface area contributed by atoms with E-state index in [0.29, 0.717) is 56.3 Å². The SMILES string of the molecule is O=C(NCCCCc1cn(CCOCCOCCOCCOCCC(=O)Oc2c(F)c(F)c(F)c(F)c2F)nn1)Nc1ccc(S[C@H]2O[C@H](CCP(=O)(O)O)[C@@H](O)[C@H](O)[C@@H]2O)cc1. The number of rotatable bonds is 27. The summed E-state index contributed by atoms with van der Waals surface area (Å²) >= 11 is 1.05. The molecule has 1 saturated heterocycles. The average Bonchev–Trinajstić information content (AvgIpc) is 3.71. The van der Waals surface area contributed by atoms with Gasteiger partial charge in [0.25, 0.3) is 0 Å². The third-order valence-electron chi connectivity index (χ3n) is 8.89. The largest absolute Gasteiger partial charge is 0.420 e. The van der Waals surface area contributed by atoms with Gasteiger partial charge in [0, 0.05) is 23.3 Å². The van der Waals surface area contributed by atoms with Crippen molar-refractivity contribution in [3.05, 3.63) is 65.2 Å². The van der Waals surface area contributed by atoms with Gasteiger partial charge in [-0.15, -0.1) is 5.10 Å². The minimum atomic E-state index is -4.36. The van der Waals surface area contributed by atoms with E-state index in [-0.39, 0.29) is 39.5 Å². The third kappa shape index (κ3) is 17.6. The number of benzene rings is 2. The van der Waals surface area contributed by atoms with Crippen LogP contribution in [0.2, 0.25) is 0 Å². The number of hydrogen-bond donors (Lipinski definition) is 7. The molecule has 0 saturated carbocycles. The predicted molar refractivity (Wildman–Crippen MR) is 210 cm³/mol. The number of aromatic nitrogens is 3. The van der Waals surface area contributed by atoms with Crippen molar-refractivity contribution in [2.45, 2.75) is 73.4 Å². The minimum Gasteiger partial charge on any atom is -0.420 e. The molecule has 1 aliphatic heterocycles. The molecule has 2 aromatic carbocycles. The lowest BCUT2D eigenvalue weighted by molar-refractivity contribution is -0.197. The van der Waals surface area contributed by atoms with Gasteiger partial charge in [-0.25, -0.2) is 22.6 Å². The van der Waals surface area contributed by atoms with Crippen LogP contribution in [0.1, 0.15) is 31.4 Å². The highest BCUT2D eigenvalue weighted by molar-refractivity contribution is 7.99. The highest BCUT2D eigenvalue weighted by Crippen LogP contribution is 2.39. The van der Waals surface area contributed by atoms with E-state index in [0.717, 1.165) is 23.9 Å². The van der Waals surface area contributed by atoms with E-state index < -0.39 is 96.9 Å². The van der Waals surface area contributed by atoms with E-state index in [9.17, 15) is 51.4 Å². The number of carbonyl (C=O) groups excluding carboxylic acids is 2. The molecular weight excluding hydrogens is 896 g/mol. The van der Waals surface area contributed by atoms with Gasteiger partial charge < -0.3 is 64.2 Å². The van der Waals surface area contributed by atoms with Crippen molar-refractivity contribution in [3.63, 3.8) is 0 Å². The van der Waals surface area contributed by atoms with Crippen LogP contribution < -0.4 is 15.4 Å². The molecule has 1 fully saturated rings. The maximum absolute atomic E-state index is 13.6. The normalized spacial score (nSPS) is 19.0. The van der Waals surface area contributed by atoms with Gasteiger partial charge in [0.2, 0.25) is 34.8 Å². The van der Waals surface area contributed by atoms with E-state index in [1.807, 2.05) is 6.20 Å². The number of urea groups is 1. The number of aliphatic hydroxyl groups is 3. The summed E-state index contributed by atoms with van der Waals surface area (Å²) in [5.41, 5.74) is 0.261. The second-order valence-corrected chi connectivity index (χ2v) is 16.7. The number of esters is 1. The zero-order chi connectivity index (χ0) is 45.9. The van der Waals surface area contributed by atoms with Crippen LogP contribution >= 0.6 is 19.4 Å². The van der Waals surface area contributed by atoms with Crippen molar-refractivity contribution in [1.29, 1.82) is 0 Å². The number of unbranched alkanes of at least 4 members (excludes halogenated alkanes) is 1. The van der Waals surface area contributed by atoms with Gasteiger partial charge in [-0.1, -0.05) is 17.0 Å². The zero-order valence-corrected chi connectivity index (χ0v) is 35.3. The zero-order valence-electron chi connectivity index (χ0n) is 33.6. The number of ether oxygens (including phenoxy) is 6. The van der Waals surface area contributed by atoms with Gasteiger partial charge >= 0.3 is 19.6 Å². The Labute approximate surface area is 361 Å². The summed E-state index contributed by atoms with van der Waals surface area (Å²) in [5.74, 6) is -14.3. The minimum absolute atomic E-state index is 0.0483. The highest BCUT2D eigenvalue weighted by atomic mass is 32.2. The first-order chi connectivity index (χ1) is 30.0. The maximum Gasteiger partial charge on any atom is 0.325 e. The molecule has 1 aliphatic rings. The summed E-state index contributed by atoms with van der Waals surface area (Å²) in [6.07, 6.45) is -3.03. The standard InChI is InChI=1S/C37H49F5N5O14PS/c38-27-28(39)30(41)35(31(42)29(27)40)61-26(48)8-12-56-14-16-58-18-19-59-17-15-57-13-11-47-21-23(45-46-47)3-1-2-10-43-37(52)44-22-4-6-24(7-5-22)63-36-34(51)33(50)32(49)25(60-36)9-20-62(53,54)55/h4-7,21,25,32-34,36,49-51H,1-3,8-20H2,(H2,43,44,52)(H2,53,54,55)/t25-,32-,33+,34+,36-/m1/s1. The number of carbonyl (C=O) groups is 2. The summed E-state index contributed by atoms with van der Waals surface area (Å²) in [6.45, 7) is 2.30. The molecule has 0 spiro atoms. The molecule has 0 radical (unpaired) electrons. The van der Waals surface area contributed by atoms with Crippen LogP contribution in [0.25, 0.3) is 0 Å². The second kappa shape index (κ2) is 26.2. The van der Waals surface area contributed by atoms with Gasteiger partial charge in [0.05, 0.1) is 83.8 Å². The van der Waals surface area contributed by atoms with Crippen molar-refractivity contribution in [2.75, 3.05) is 70.9 Å². The third-order valence-corrected chi connectivity index (χ3v) is 10.9. The van der Waals surface area contributed by atoms with E-state index in [1.165, 1.54) is 0 Å². The molecule has 63 heavy (non-hydrogen) atoms. The van der Waals surface area contributed by atoms with Gasteiger partial charge in [-0.05, 0) is 49.9 Å². The van der Waals surface area contributed by atoms with Crippen molar-refractivity contribution in [2.24, 2.45) is 0 Å². The molecule has 0 unspecified atom stereocenters. The molecule has 7 N–H and O–H groups in total. The molecule has 19 nitrogen and oxygen atoms in total. The number of nitrogens with zero attached hydrogens (tertiary/aromatic N) is 3. The Morgan fingerprint density at radius 2 is 1.38 bits per heavy atom. The van der Waals surface area contributed by atoms with Gasteiger partial charge in [0.15, 0.2) is 0 Å². The van der Waals surface area contributed by atoms with Crippen molar-refractivity contribution in [3.8, 4) is 5.75 Å². The first-order valence-electron chi connectivity index (χ1n) is 19.5. The summed E-state index contributed by atoms with van der Waals surface area (Å²) in [5, 5.41) is 44.6. The fraction of sp³-hybridized carbons (Fsp3) is 0.568. The fourth-order valence-corrected chi connectivity index (χ4v) is 7.24. The molecule has 26 heteroatoms. The molecule has 0 aliphatic carbocycles. The molecule has 3 aromatic rings. The number of amides is 2. The Morgan fingerprint density at radius 1 is 0.794 bits per heavy atom. The predicted octanol–water partition coefficient (Wildman–Crippen LogP) is 2.65. The number of anilines is 1. The molecular formula is C37H49F5N5O14PS. The number of hydrogen-bond acceptors (Lipinski definition) is 15. The Morgan fingerprint density at radius 3 is 2.00 bits per heavy atom. The molecule has 352 valence electrons. The lowest BCUT2D eigenvalue weighted by atomic mass is 9.98. The van der Waals surface area contributed by atoms with Crippen LogP contribution in [0.5, 0.6) is 5.75 Å². The number of aliphatic hydroxyl groups excluding tert-OH is 3. The van der Waals surface area contributed by atoms with E-state index in [4.69, 9.17) is 33.5 Å². The Balaban J connectivity index is 0.955. The Hall–Kier alpha value is -3.85. The van der Waals surface area contributed by atoms with E-state index in [2.05, 4.69) is 25.7 Å². The Kier molecular flexibility index (Phi) is 21.5. The van der Waals surface area contributed by atoms with E-state index >= 15 is 0 Å². The van der Waals surface area contributed by atoms with Crippen LogP contribution in [0, 0.1) is 29.1 Å². The second-order valence-electron chi connectivity index (χ2n) is 13.7. The highest BCUT2D eigenvalue weighted by Gasteiger charge is 2.44. The number of halogens is 5. The summed E-state index contributed by atoms with van der Waals surface area (Å²) in [4.78, 5) is 43.0. The van der Waals surface area contributed by atoms with Crippen molar-refractivity contribution in [1.82, 2.24) is 20.3 Å². The van der Waals surface area contributed by atoms with Crippen molar-refractivity contribution >= 4 is 37.0 Å². The molecule has 1 aromatic heterocycles. The smallest absolute Gasteiger partial charge is 0.325 e. The van der Waals surface area contributed by atoms with Gasteiger partial charge in [-0.3, -0.25) is 9.36 Å². The molecule has 4 rings (SSSR count). The number of aryl methyl sites for hydroxylation is 1. The molecule has 0 bridgehead atoms. The molecule has 5 atom stereocenters. The lowest BCUT2D eigenvalue weighted by Crippen LogP contribution is -2.56. The Bertz CT molecular complexity index is 1930. The first kappa shape index (κ1) is 51.8. The summed E-state index contributed by atoms with van der Waals surface area (Å²) < 4.78 is 111. The maximum atomic E-state index is 13.6. The number of nitrogens with one attached hydrogen (secondary N) is 2. The van der Waals surface area contributed by atoms with Crippen LogP contribution in [-0.4, -0.2) is 148 Å². The molecule has 2 heterocycles. The van der Waals surface area contributed by atoms with Crippen molar-refractivity contribution < 1.29 is 89.6 Å². The molecule has 2 amide bonds. The summed E-state index contributed by atoms with van der Waals surface area (Å²) in [7, 11) is -4.36.